The SMILES string of the molecule is CCCCCCCCCCCCCCCCCC(=O)O.CCCCCCCCCCCCCCCCCC(=O)O.[CaH2]. The third kappa shape index (κ3) is 50.2. The summed E-state index contributed by atoms with van der Waals surface area (Å²) < 4.78 is 0. The maximum atomic E-state index is 10.3. The van der Waals surface area contributed by atoms with Crippen LogP contribution in [0.1, 0.15) is 219 Å². The van der Waals surface area contributed by atoms with Gasteiger partial charge in [0.25, 0.3) is 0 Å². The molecule has 0 bridgehead atoms. The molecule has 0 spiro atoms. The summed E-state index contributed by atoms with van der Waals surface area (Å²) >= 11 is 0. The standard InChI is InChI=1S/2C18H36O2.Ca.2H/c2*1-2-3-4-5-6-7-8-9-10-11-12-13-14-15-16-17-18(19)20;;;/h2*2-17H2,1H3,(H,19,20);;;. The Morgan fingerprint density at radius 2 is 0.463 bits per heavy atom. The van der Waals surface area contributed by atoms with Crippen molar-refractivity contribution in [1.82, 2.24) is 0 Å². The van der Waals surface area contributed by atoms with Gasteiger partial charge in [-0.05, 0) is 12.8 Å². The first-order chi connectivity index (χ1) is 19.5. The summed E-state index contributed by atoms with van der Waals surface area (Å²) in [6.45, 7) is 4.54. The molecule has 41 heavy (non-hydrogen) atoms. The molecule has 0 aliphatic carbocycles. The van der Waals surface area contributed by atoms with E-state index in [1.54, 1.807) is 0 Å². The fraction of sp³-hybridized carbons (Fsp3) is 0.944. The first kappa shape index (κ1) is 45.6. The van der Waals surface area contributed by atoms with Gasteiger partial charge in [0.15, 0.2) is 0 Å². The van der Waals surface area contributed by atoms with Crippen molar-refractivity contribution in [3.63, 3.8) is 0 Å². The van der Waals surface area contributed by atoms with Crippen LogP contribution in [0.4, 0.5) is 0 Å². The van der Waals surface area contributed by atoms with Crippen LogP contribution in [0.15, 0.2) is 0 Å². The van der Waals surface area contributed by atoms with Crippen molar-refractivity contribution in [3.05, 3.63) is 0 Å². The second-order valence-corrected chi connectivity index (χ2v) is 12.2. The molecule has 0 radical (unpaired) electrons. The second kappa shape index (κ2) is 42.3. The summed E-state index contributed by atoms with van der Waals surface area (Å²) in [7, 11) is 0. The fourth-order valence-corrected chi connectivity index (χ4v) is 5.30. The van der Waals surface area contributed by atoms with E-state index >= 15 is 0 Å². The van der Waals surface area contributed by atoms with Crippen molar-refractivity contribution >= 4 is 49.7 Å². The number of carbonyl (C=O) groups is 2. The molecule has 0 amide bonds. The number of aliphatic carboxylic acids is 2. The van der Waals surface area contributed by atoms with E-state index in [1.807, 2.05) is 0 Å². The first-order valence-corrected chi connectivity index (χ1v) is 18.0. The second-order valence-electron chi connectivity index (χ2n) is 12.2. The van der Waals surface area contributed by atoms with Crippen LogP contribution >= 0.6 is 0 Å². The van der Waals surface area contributed by atoms with E-state index in [1.165, 1.54) is 167 Å². The maximum absolute atomic E-state index is 10.3. The molecule has 5 heteroatoms. The van der Waals surface area contributed by atoms with Gasteiger partial charge in [0.1, 0.15) is 0 Å². The predicted octanol–water partition coefficient (Wildman–Crippen LogP) is 11.7. The molecule has 0 aromatic rings. The Bertz CT molecular complexity index is 454. The molecule has 0 heterocycles. The molecule has 0 fully saturated rings. The summed E-state index contributed by atoms with van der Waals surface area (Å²) in [4.78, 5) is 20.7. The van der Waals surface area contributed by atoms with Gasteiger partial charge in [-0.2, -0.15) is 0 Å². The third-order valence-electron chi connectivity index (χ3n) is 7.99. The van der Waals surface area contributed by atoms with Crippen LogP contribution < -0.4 is 0 Å². The van der Waals surface area contributed by atoms with Gasteiger partial charge in [-0.1, -0.05) is 194 Å². The predicted molar refractivity (Wildman–Crippen MR) is 183 cm³/mol. The van der Waals surface area contributed by atoms with Gasteiger partial charge in [0, 0.05) is 12.8 Å². The number of unbranched alkanes of at least 4 members (excludes halogenated alkanes) is 28. The van der Waals surface area contributed by atoms with Crippen molar-refractivity contribution < 1.29 is 19.8 Å². The van der Waals surface area contributed by atoms with E-state index in [0.717, 1.165) is 25.7 Å². The summed E-state index contributed by atoms with van der Waals surface area (Å²) in [6.07, 6.45) is 40.4. The fourth-order valence-electron chi connectivity index (χ4n) is 5.30. The van der Waals surface area contributed by atoms with Crippen LogP contribution in [0.2, 0.25) is 0 Å². The molecule has 0 unspecified atom stereocenters. The molecule has 0 saturated carbocycles. The minimum absolute atomic E-state index is 0. The molecular weight excluding hydrogens is 536 g/mol. The van der Waals surface area contributed by atoms with Crippen molar-refractivity contribution in [3.8, 4) is 0 Å². The molecule has 0 aliphatic rings. The molecule has 0 aromatic heterocycles. The minimum atomic E-state index is -0.653. The Labute approximate surface area is 287 Å². The van der Waals surface area contributed by atoms with Crippen LogP contribution in [0.5, 0.6) is 0 Å². The summed E-state index contributed by atoms with van der Waals surface area (Å²) in [5.41, 5.74) is 0. The van der Waals surface area contributed by atoms with Crippen molar-refractivity contribution in [1.29, 1.82) is 0 Å². The quantitative estimate of drug-likeness (QED) is 0.0587. The number of carboxylic acids is 2. The van der Waals surface area contributed by atoms with Gasteiger partial charge in [0.2, 0.25) is 0 Å². The summed E-state index contributed by atoms with van der Waals surface area (Å²) in [5, 5.41) is 17.0. The van der Waals surface area contributed by atoms with E-state index in [9.17, 15) is 9.59 Å². The van der Waals surface area contributed by atoms with Crippen LogP contribution in [-0.2, 0) is 9.59 Å². The molecule has 244 valence electrons. The average molecular weight is 611 g/mol. The van der Waals surface area contributed by atoms with E-state index in [4.69, 9.17) is 10.2 Å². The molecule has 0 atom stereocenters. The van der Waals surface area contributed by atoms with E-state index in [-0.39, 0.29) is 37.7 Å². The number of hydrogen-bond donors (Lipinski definition) is 2. The van der Waals surface area contributed by atoms with E-state index < -0.39 is 11.9 Å². The van der Waals surface area contributed by atoms with Gasteiger partial charge in [0.05, 0.1) is 0 Å². The molecule has 0 rings (SSSR count). The third-order valence-corrected chi connectivity index (χ3v) is 7.99. The zero-order valence-corrected chi connectivity index (χ0v) is 27.3. The Kier molecular flexibility index (Phi) is 47.1. The zero-order chi connectivity index (χ0) is 29.8. The molecule has 2 N–H and O–H groups in total. The Hall–Kier alpha value is 0.200. The van der Waals surface area contributed by atoms with Crippen molar-refractivity contribution in [2.75, 3.05) is 0 Å². The number of rotatable bonds is 32. The monoisotopic (exact) mass is 611 g/mol. The van der Waals surface area contributed by atoms with Gasteiger partial charge < -0.3 is 10.2 Å². The summed E-state index contributed by atoms with van der Waals surface area (Å²) in [6, 6.07) is 0. The zero-order valence-electron chi connectivity index (χ0n) is 27.3. The van der Waals surface area contributed by atoms with Gasteiger partial charge in [-0.15, -0.1) is 0 Å². The molecule has 0 aromatic carbocycles. The first-order valence-electron chi connectivity index (χ1n) is 18.0. The Morgan fingerprint density at radius 3 is 0.610 bits per heavy atom. The molecule has 4 nitrogen and oxygen atoms in total. The average Bonchev–Trinajstić information content (AvgIpc) is 2.93. The normalized spacial score (nSPS) is 10.6. The molecule has 0 aliphatic heterocycles. The van der Waals surface area contributed by atoms with E-state index in [0.29, 0.717) is 12.8 Å². The van der Waals surface area contributed by atoms with E-state index in [2.05, 4.69) is 13.8 Å². The topological polar surface area (TPSA) is 74.6 Å². The van der Waals surface area contributed by atoms with Crippen LogP contribution in [-0.4, -0.2) is 59.9 Å². The Balaban J connectivity index is -0.000000688. The van der Waals surface area contributed by atoms with Gasteiger partial charge in [-0.3, -0.25) is 9.59 Å². The number of carboxylic acid groups (broad SMARTS) is 2. The number of hydrogen-bond acceptors (Lipinski definition) is 2. The van der Waals surface area contributed by atoms with Crippen LogP contribution in [0.3, 0.4) is 0 Å². The molecular formula is C36H74CaO4. The van der Waals surface area contributed by atoms with Gasteiger partial charge >= 0.3 is 49.7 Å². The Morgan fingerprint density at radius 1 is 0.317 bits per heavy atom. The molecule has 0 saturated heterocycles. The summed E-state index contributed by atoms with van der Waals surface area (Å²) in [5.74, 6) is -1.31. The van der Waals surface area contributed by atoms with Crippen molar-refractivity contribution in [2.24, 2.45) is 0 Å². The van der Waals surface area contributed by atoms with Crippen LogP contribution in [0.25, 0.3) is 0 Å². The van der Waals surface area contributed by atoms with Crippen molar-refractivity contribution in [2.45, 2.75) is 219 Å². The van der Waals surface area contributed by atoms with Crippen LogP contribution in [0, 0.1) is 0 Å². The van der Waals surface area contributed by atoms with Gasteiger partial charge in [-0.25, -0.2) is 0 Å².